The highest BCUT2D eigenvalue weighted by atomic mass is 15.2. The molecule has 0 aliphatic rings. The van der Waals surface area contributed by atoms with Gasteiger partial charge in [0.15, 0.2) is 0 Å². The van der Waals surface area contributed by atoms with Crippen molar-refractivity contribution < 1.29 is 0 Å². The minimum Gasteiger partial charge on any atom is -0.329 e. The van der Waals surface area contributed by atoms with E-state index in [1.165, 1.54) is 5.56 Å². The van der Waals surface area contributed by atoms with Gasteiger partial charge in [-0.25, -0.2) is 0 Å². The van der Waals surface area contributed by atoms with Crippen molar-refractivity contribution in [2.45, 2.75) is 20.4 Å². The number of aromatic nitrogens is 4. The van der Waals surface area contributed by atoms with Gasteiger partial charge in [-0.1, -0.05) is 0 Å². The zero-order valence-electron chi connectivity index (χ0n) is 11.1. The van der Waals surface area contributed by atoms with Crippen LogP contribution in [0, 0.1) is 13.8 Å². The first-order valence-corrected chi connectivity index (χ1v) is 6.06. The largest absolute Gasteiger partial charge is 0.329 e. The van der Waals surface area contributed by atoms with Crippen LogP contribution < -0.4 is 5.73 Å². The van der Waals surface area contributed by atoms with Crippen LogP contribution in [-0.2, 0) is 6.54 Å². The second-order valence-corrected chi connectivity index (χ2v) is 4.59. The number of aromatic amines is 2. The molecule has 2 aromatic rings. The Balaban J connectivity index is 2.28. The van der Waals surface area contributed by atoms with Gasteiger partial charge in [0.25, 0.3) is 0 Å². The lowest BCUT2D eigenvalue weighted by atomic mass is 10.1. The number of nitrogens with one attached hydrogen (secondary N) is 2. The molecule has 18 heavy (non-hydrogen) atoms. The summed E-state index contributed by atoms with van der Waals surface area (Å²) in [6, 6.07) is 0. The van der Waals surface area contributed by atoms with Crippen molar-refractivity contribution in [1.29, 1.82) is 0 Å². The monoisotopic (exact) mass is 248 g/mol. The number of rotatable bonds is 5. The molecule has 0 bridgehead atoms. The van der Waals surface area contributed by atoms with Crippen LogP contribution in [0.2, 0.25) is 0 Å². The van der Waals surface area contributed by atoms with Crippen LogP contribution in [0.4, 0.5) is 0 Å². The zero-order valence-corrected chi connectivity index (χ0v) is 11.1. The second-order valence-electron chi connectivity index (χ2n) is 4.59. The third-order valence-corrected chi connectivity index (χ3v) is 3.04. The van der Waals surface area contributed by atoms with E-state index in [1.54, 1.807) is 0 Å². The lowest BCUT2D eigenvalue weighted by Crippen LogP contribution is -2.25. The molecule has 98 valence electrons. The van der Waals surface area contributed by atoms with Gasteiger partial charge in [-0.15, -0.1) is 0 Å². The molecule has 0 aliphatic carbocycles. The van der Waals surface area contributed by atoms with Gasteiger partial charge in [0.1, 0.15) is 5.69 Å². The number of H-pyrrole nitrogens is 2. The van der Waals surface area contributed by atoms with E-state index in [0.29, 0.717) is 6.54 Å². The Morgan fingerprint density at radius 3 is 2.72 bits per heavy atom. The zero-order chi connectivity index (χ0) is 13.1. The Kier molecular flexibility index (Phi) is 3.78. The molecule has 0 saturated carbocycles. The number of hydrogen-bond donors (Lipinski definition) is 3. The number of hydrogen-bond acceptors (Lipinski definition) is 4. The average Bonchev–Trinajstić information content (AvgIpc) is 2.87. The maximum Gasteiger partial charge on any atom is 0.100 e. The summed E-state index contributed by atoms with van der Waals surface area (Å²) in [5, 5.41) is 14.5. The Morgan fingerprint density at radius 2 is 2.11 bits per heavy atom. The van der Waals surface area contributed by atoms with Crippen LogP contribution in [0.15, 0.2) is 6.20 Å². The molecule has 2 heterocycles. The molecule has 2 aromatic heterocycles. The molecule has 6 heteroatoms. The lowest BCUT2D eigenvalue weighted by Gasteiger charge is -2.15. The normalized spacial score (nSPS) is 11.4. The standard InChI is InChI=1S/C12H20N6/c1-8-11(9(2)16-15-8)12-10(6-14-17-12)7-18(3)5-4-13/h6H,4-5,7,13H2,1-3H3,(H,14,17)(H,15,16). The van der Waals surface area contributed by atoms with Crippen molar-refractivity contribution in [1.82, 2.24) is 25.3 Å². The average molecular weight is 248 g/mol. The third kappa shape index (κ3) is 2.44. The highest BCUT2D eigenvalue weighted by Crippen LogP contribution is 2.26. The van der Waals surface area contributed by atoms with E-state index >= 15 is 0 Å². The first kappa shape index (κ1) is 12.8. The van der Waals surface area contributed by atoms with E-state index in [-0.39, 0.29) is 0 Å². The minimum atomic E-state index is 0.660. The van der Waals surface area contributed by atoms with Crippen molar-refractivity contribution in [2.24, 2.45) is 5.73 Å². The number of nitrogens with two attached hydrogens (primary N) is 1. The van der Waals surface area contributed by atoms with Crippen LogP contribution in [-0.4, -0.2) is 45.4 Å². The van der Waals surface area contributed by atoms with E-state index in [9.17, 15) is 0 Å². The smallest absolute Gasteiger partial charge is 0.100 e. The van der Waals surface area contributed by atoms with Gasteiger partial charge < -0.3 is 10.6 Å². The Bertz CT molecular complexity index is 493. The van der Waals surface area contributed by atoms with E-state index in [0.717, 1.165) is 35.7 Å². The van der Waals surface area contributed by atoms with Gasteiger partial charge in [0, 0.05) is 42.7 Å². The molecule has 0 spiro atoms. The van der Waals surface area contributed by atoms with Gasteiger partial charge in [0.05, 0.1) is 5.69 Å². The first-order valence-electron chi connectivity index (χ1n) is 6.06. The van der Waals surface area contributed by atoms with E-state index in [4.69, 9.17) is 5.73 Å². The lowest BCUT2D eigenvalue weighted by molar-refractivity contribution is 0.337. The molecular weight excluding hydrogens is 228 g/mol. The summed E-state index contributed by atoms with van der Waals surface area (Å²) in [6.07, 6.45) is 1.94. The predicted molar refractivity (Wildman–Crippen MR) is 71.0 cm³/mol. The molecule has 6 nitrogen and oxygen atoms in total. The summed E-state index contributed by atoms with van der Waals surface area (Å²) in [5.41, 5.74) is 10.8. The molecule has 0 fully saturated rings. The molecule has 0 unspecified atom stereocenters. The third-order valence-electron chi connectivity index (χ3n) is 3.04. The van der Waals surface area contributed by atoms with Gasteiger partial charge in [0.2, 0.25) is 0 Å². The van der Waals surface area contributed by atoms with Crippen LogP contribution >= 0.6 is 0 Å². The molecule has 4 N–H and O–H groups in total. The molecular formula is C12H20N6. The summed E-state index contributed by atoms with van der Waals surface area (Å²) in [7, 11) is 2.05. The molecule has 0 radical (unpaired) electrons. The molecule has 0 aliphatic heterocycles. The van der Waals surface area contributed by atoms with Crippen molar-refractivity contribution >= 4 is 0 Å². The number of likely N-dealkylation sites (N-methyl/N-ethyl adjacent to an activating group) is 1. The maximum absolute atomic E-state index is 5.56. The van der Waals surface area contributed by atoms with Gasteiger partial charge >= 0.3 is 0 Å². The summed E-state index contributed by atoms with van der Waals surface area (Å²) in [6.45, 7) is 6.35. The number of aryl methyl sites for hydroxylation is 2. The van der Waals surface area contributed by atoms with E-state index < -0.39 is 0 Å². The molecule has 0 amide bonds. The summed E-state index contributed by atoms with van der Waals surface area (Å²) in [5.74, 6) is 0. The Labute approximate surface area is 107 Å². The molecule has 0 aromatic carbocycles. The van der Waals surface area contributed by atoms with E-state index in [1.807, 2.05) is 20.0 Å². The summed E-state index contributed by atoms with van der Waals surface area (Å²) < 4.78 is 0. The predicted octanol–water partition coefficient (Wildman–Crippen LogP) is 0.807. The summed E-state index contributed by atoms with van der Waals surface area (Å²) >= 11 is 0. The van der Waals surface area contributed by atoms with Gasteiger partial charge in [-0.3, -0.25) is 10.2 Å². The quantitative estimate of drug-likeness (QED) is 0.730. The topological polar surface area (TPSA) is 86.6 Å². The second kappa shape index (κ2) is 5.32. The minimum absolute atomic E-state index is 0.660. The number of nitrogens with zero attached hydrogens (tertiary/aromatic N) is 3. The summed E-state index contributed by atoms with van der Waals surface area (Å²) in [4.78, 5) is 2.18. The van der Waals surface area contributed by atoms with Crippen molar-refractivity contribution in [2.75, 3.05) is 20.1 Å². The molecule has 0 saturated heterocycles. The SMILES string of the molecule is Cc1n[nH]c(C)c1-c1n[nH]cc1CN(C)CCN. The highest BCUT2D eigenvalue weighted by Gasteiger charge is 2.16. The Morgan fingerprint density at radius 1 is 1.33 bits per heavy atom. The fourth-order valence-corrected chi connectivity index (χ4v) is 2.14. The van der Waals surface area contributed by atoms with Crippen LogP contribution in [0.1, 0.15) is 17.0 Å². The maximum atomic E-state index is 5.56. The van der Waals surface area contributed by atoms with E-state index in [2.05, 4.69) is 32.3 Å². The first-order chi connectivity index (χ1) is 8.63. The fourth-order valence-electron chi connectivity index (χ4n) is 2.14. The van der Waals surface area contributed by atoms with Crippen molar-refractivity contribution in [3.05, 3.63) is 23.1 Å². The fraction of sp³-hybridized carbons (Fsp3) is 0.500. The van der Waals surface area contributed by atoms with Crippen molar-refractivity contribution in [3.8, 4) is 11.3 Å². The van der Waals surface area contributed by atoms with Crippen LogP contribution in [0.25, 0.3) is 11.3 Å². The van der Waals surface area contributed by atoms with Crippen LogP contribution in [0.5, 0.6) is 0 Å². The highest BCUT2D eigenvalue weighted by molar-refractivity contribution is 5.67. The van der Waals surface area contributed by atoms with Gasteiger partial charge in [-0.05, 0) is 20.9 Å². The van der Waals surface area contributed by atoms with Crippen molar-refractivity contribution in [3.63, 3.8) is 0 Å². The van der Waals surface area contributed by atoms with Crippen LogP contribution in [0.3, 0.4) is 0 Å². The van der Waals surface area contributed by atoms with Gasteiger partial charge in [-0.2, -0.15) is 10.2 Å². The Hall–Kier alpha value is -1.66. The molecule has 2 rings (SSSR count). The molecule has 0 atom stereocenters.